The number of rotatable bonds is 7. The van der Waals surface area contributed by atoms with Crippen LogP contribution in [0.1, 0.15) is 23.6 Å². The number of halogens is 4. The van der Waals surface area contributed by atoms with Gasteiger partial charge in [-0.1, -0.05) is 83.3 Å². The predicted octanol–water partition coefficient (Wildman–Crippen LogP) is 8.04. The summed E-state index contributed by atoms with van der Waals surface area (Å²) in [5.41, 5.74) is 3.36. The third-order valence-electron chi connectivity index (χ3n) is 5.10. The molecule has 4 nitrogen and oxygen atoms in total. The summed E-state index contributed by atoms with van der Waals surface area (Å²) >= 11 is 26.4. The van der Waals surface area contributed by atoms with E-state index >= 15 is 0 Å². The molecule has 0 radical (unpaired) electrons. The molecule has 0 aliphatic carbocycles. The van der Waals surface area contributed by atoms with Gasteiger partial charge in [0, 0.05) is 21.3 Å². The molecular formula is C25H20Cl4N2O2S. The summed E-state index contributed by atoms with van der Waals surface area (Å²) in [6, 6.07) is 16.7. The fourth-order valence-corrected chi connectivity index (χ4v) is 5.36. The van der Waals surface area contributed by atoms with Crippen LogP contribution < -0.4 is 15.4 Å². The number of benzene rings is 3. The minimum absolute atomic E-state index is 0.169. The Balaban J connectivity index is 1.44. The van der Waals surface area contributed by atoms with Crippen molar-refractivity contribution in [1.82, 2.24) is 5.32 Å². The zero-order valence-electron chi connectivity index (χ0n) is 18.0. The molecule has 0 aromatic heterocycles. The average Bonchev–Trinajstić information content (AvgIpc) is 3.13. The van der Waals surface area contributed by atoms with E-state index in [-0.39, 0.29) is 18.0 Å². The standard InChI is InChI=1S/C25H20Cl4N2O2S/c1-2-14-3-7-18(8-4-14)30-25-31-24(32)22(34-25)11-15-9-20(28)23(21(29)10-15)33-13-16-5-6-17(26)12-19(16)27/h3-12,25,30H,2,13H2,1H3,(H,31,32)/b22-11-/t25-/m1/s1. The van der Waals surface area contributed by atoms with Gasteiger partial charge in [0.1, 0.15) is 6.61 Å². The molecule has 1 aliphatic heterocycles. The Morgan fingerprint density at radius 2 is 1.71 bits per heavy atom. The van der Waals surface area contributed by atoms with E-state index in [1.54, 1.807) is 36.4 Å². The molecule has 176 valence electrons. The monoisotopic (exact) mass is 552 g/mol. The second kappa shape index (κ2) is 11.1. The van der Waals surface area contributed by atoms with Crippen molar-refractivity contribution in [2.24, 2.45) is 0 Å². The summed E-state index contributed by atoms with van der Waals surface area (Å²) in [4.78, 5) is 13.0. The first kappa shape index (κ1) is 25.1. The molecule has 2 N–H and O–H groups in total. The Morgan fingerprint density at radius 3 is 2.35 bits per heavy atom. The van der Waals surface area contributed by atoms with Crippen molar-refractivity contribution >= 4 is 75.8 Å². The van der Waals surface area contributed by atoms with E-state index in [1.165, 1.54) is 17.3 Å². The van der Waals surface area contributed by atoms with E-state index in [9.17, 15) is 4.79 Å². The van der Waals surface area contributed by atoms with Gasteiger partial charge in [-0.05, 0) is 60.0 Å². The Morgan fingerprint density at radius 1 is 1.00 bits per heavy atom. The van der Waals surface area contributed by atoms with Crippen LogP contribution in [0, 0.1) is 0 Å². The van der Waals surface area contributed by atoms with Crippen LogP contribution >= 0.6 is 58.2 Å². The Bertz CT molecular complexity index is 1230. The molecule has 3 aromatic rings. The summed E-state index contributed by atoms with van der Waals surface area (Å²) in [5, 5.41) is 7.93. The normalized spacial score (nSPS) is 16.6. The van der Waals surface area contributed by atoms with E-state index in [0.717, 1.165) is 17.7 Å². The molecule has 1 amide bonds. The Hall–Kier alpha value is -2.02. The summed E-state index contributed by atoms with van der Waals surface area (Å²) in [5.74, 6) is 0.174. The van der Waals surface area contributed by atoms with Crippen LogP contribution in [0.5, 0.6) is 5.75 Å². The fraction of sp³-hybridized carbons (Fsp3) is 0.160. The van der Waals surface area contributed by atoms with Gasteiger partial charge >= 0.3 is 0 Å². The van der Waals surface area contributed by atoms with Crippen molar-refractivity contribution < 1.29 is 9.53 Å². The Kier molecular flexibility index (Phi) is 8.22. The molecular weight excluding hydrogens is 534 g/mol. The third kappa shape index (κ3) is 6.15. The number of thioether (sulfide) groups is 1. The number of nitrogens with one attached hydrogen (secondary N) is 2. The fourth-order valence-electron chi connectivity index (χ4n) is 3.29. The molecule has 1 fully saturated rings. The van der Waals surface area contributed by atoms with Gasteiger partial charge in [-0.2, -0.15) is 0 Å². The van der Waals surface area contributed by atoms with Crippen molar-refractivity contribution in [3.63, 3.8) is 0 Å². The van der Waals surface area contributed by atoms with Crippen LogP contribution in [0.4, 0.5) is 5.69 Å². The molecule has 1 heterocycles. The number of carbonyl (C=O) groups is 1. The second-order valence-corrected chi connectivity index (χ2v) is 10.3. The first-order valence-corrected chi connectivity index (χ1v) is 12.8. The van der Waals surface area contributed by atoms with E-state index in [1.807, 2.05) is 12.1 Å². The highest BCUT2D eigenvalue weighted by molar-refractivity contribution is 8.05. The molecule has 1 saturated heterocycles. The minimum Gasteiger partial charge on any atom is -0.486 e. The van der Waals surface area contributed by atoms with Gasteiger partial charge in [0.05, 0.1) is 15.0 Å². The lowest BCUT2D eigenvalue weighted by Crippen LogP contribution is -2.30. The number of hydrogen-bond donors (Lipinski definition) is 2. The number of aryl methyl sites for hydroxylation is 1. The van der Waals surface area contributed by atoms with Crippen molar-refractivity contribution in [2.75, 3.05) is 5.32 Å². The average molecular weight is 554 g/mol. The lowest BCUT2D eigenvalue weighted by atomic mass is 10.1. The first-order chi connectivity index (χ1) is 16.3. The topological polar surface area (TPSA) is 50.4 Å². The lowest BCUT2D eigenvalue weighted by Gasteiger charge is -2.13. The van der Waals surface area contributed by atoms with Gasteiger partial charge < -0.3 is 15.4 Å². The maximum atomic E-state index is 12.5. The minimum atomic E-state index is -0.274. The molecule has 0 spiro atoms. The number of ether oxygens (including phenoxy) is 1. The highest BCUT2D eigenvalue weighted by Gasteiger charge is 2.27. The van der Waals surface area contributed by atoms with Crippen LogP contribution in [0.2, 0.25) is 20.1 Å². The summed E-state index contributed by atoms with van der Waals surface area (Å²) < 4.78 is 5.81. The SMILES string of the molecule is CCc1ccc(N[C@@H]2NC(=O)/C(=C/c3cc(Cl)c(OCc4ccc(Cl)cc4Cl)c(Cl)c3)S2)cc1. The smallest absolute Gasteiger partial charge is 0.260 e. The number of amides is 1. The van der Waals surface area contributed by atoms with E-state index < -0.39 is 0 Å². The molecule has 0 saturated carbocycles. The van der Waals surface area contributed by atoms with Crippen molar-refractivity contribution in [3.8, 4) is 5.75 Å². The van der Waals surface area contributed by atoms with Crippen molar-refractivity contribution in [2.45, 2.75) is 25.4 Å². The molecule has 0 bridgehead atoms. The van der Waals surface area contributed by atoms with Crippen molar-refractivity contribution in [3.05, 3.63) is 96.3 Å². The highest BCUT2D eigenvalue weighted by Crippen LogP contribution is 2.37. The third-order valence-corrected chi connectivity index (χ3v) is 7.27. The van der Waals surface area contributed by atoms with Crippen LogP contribution in [0.3, 0.4) is 0 Å². The number of anilines is 1. The van der Waals surface area contributed by atoms with E-state index in [4.69, 9.17) is 51.1 Å². The quantitative estimate of drug-likeness (QED) is 0.291. The molecule has 9 heteroatoms. The Labute approximate surface area is 222 Å². The first-order valence-electron chi connectivity index (χ1n) is 10.4. The van der Waals surface area contributed by atoms with Gasteiger partial charge in [-0.25, -0.2) is 0 Å². The number of carbonyl (C=O) groups excluding carboxylic acids is 1. The van der Waals surface area contributed by atoms with E-state index in [0.29, 0.717) is 36.3 Å². The van der Waals surface area contributed by atoms with Gasteiger partial charge in [0.25, 0.3) is 5.91 Å². The van der Waals surface area contributed by atoms with Gasteiger partial charge in [-0.15, -0.1) is 0 Å². The molecule has 4 rings (SSSR count). The highest BCUT2D eigenvalue weighted by atomic mass is 35.5. The van der Waals surface area contributed by atoms with Gasteiger partial charge in [-0.3, -0.25) is 4.79 Å². The summed E-state index contributed by atoms with van der Waals surface area (Å²) in [7, 11) is 0. The predicted molar refractivity (Wildman–Crippen MR) is 144 cm³/mol. The largest absolute Gasteiger partial charge is 0.486 e. The molecule has 1 atom stereocenters. The van der Waals surface area contributed by atoms with Crippen LogP contribution in [0.15, 0.2) is 59.5 Å². The summed E-state index contributed by atoms with van der Waals surface area (Å²) in [6.45, 7) is 2.29. The summed E-state index contributed by atoms with van der Waals surface area (Å²) in [6.07, 6.45) is 2.73. The second-order valence-electron chi connectivity index (χ2n) is 7.51. The zero-order valence-corrected chi connectivity index (χ0v) is 21.8. The van der Waals surface area contributed by atoms with Gasteiger partial charge in [0.2, 0.25) is 0 Å². The lowest BCUT2D eigenvalue weighted by molar-refractivity contribution is -0.116. The van der Waals surface area contributed by atoms with Crippen LogP contribution in [0.25, 0.3) is 6.08 Å². The van der Waals surface area contributed by atoms with Gasteiger partial charge in [0.15, 0.2) is 11.2 Å². The van der Waals surface area contributed by atoms with Crippen molar-refractivity contribution in [1.29, 1.82) is 0 Å². The molecule has 0 unspecified atom stereocenters. The zero-order chi connectivity index (χ0) is 24.2. The maximum absolute atomic E-state index is 12.5. The van der Waals surface area contributed by atoms with Crippen LogP contribution in [-0.2, 0) is 17.8 Å². The number of hydrogen-bond acceptors (Lipinski definition) is 4. The van der Waals surface area contributed by atoms with E-state index in [2.05, 4.69) is 29.7 Å². The molecule has 1 aliphatic rings. The molecule has 34 heavy (non-hydrogen) atoms. The van der Waals surface area contributed by atoms with Crippen LogP contribution in [-0.4, -0.2) is 11.4 Å². The maximum Gasteiger partial charge on any atom is 0.260 e. The molecule has 3 aromatic carbocycles.